The SMILES string of the molecule is CS(=O)(=O)O.O=C1CCC2(O)[C@@H]3Cc4ccc(O)c5c4[C@]2(CCN3Cc2ccoc2)C1O5. The Morgan fingerprint density at radius 1 is 1.25 bits per heavy atom. The van der Waals surface area contributed by atoms with Crippen LogP contribution >= 0.6 is 0 Å². The lowest BCUT2D eigenvalue weighted by molar-refractivity contribution is -0.189. The van der Waals surface area contributed by atoms with E-state index in [9.17, 15) is 23.4 Å². The molecule has 2 aromatic rings. The zero-order chi connectivity index (χ0) is 22.9. The van der Waals surface area contributed by atoms with Crippen molar-refractivity contribution in [2.24, 2.45) is 0 Å². The Kier molecular flexibility index (Phi) is 4.72. The molecule has 4 atom stereocenters. The first kappa shape index (κ1) is 21.4. The predicted molar refractivity (Wildman–Crippen MR) is 112 cm³/mol. The summed E-state index contributed by atoms with van der Waals surface area (Å²) in [5.74, 6) is 0.505. The molecule has 1 saturated carbocycles. The number of hydrogen-bond acceptors (Lipinski definition) is 8. The minimum absolute atomic E-state index is 0.0326. The van der Waals surface area contributed by atoms with Crippen LogP contribution in [0, 0.1) is 0 Å². The molecule has 2 fully saturated rings. The summed E-state index contributed by atoms with van der Waals surface area (Å²) >= 11 is 0. The van der Waals surface area contributed by atoms with Crippen LogP contribution in [0.15, 0.2) is 35.1 Å². The number of piperidine rings is 1. The van der Waals surface area contributed by atoms with E-state index < -0.39 is 27.2 Å². The topological polar surface area (TPSA) is 138 Å². The maximum Gasteiger partial charge on any atom is 0.261 e. The van der Waals surface area contributed by atoms with E-state index >= 15 is 0 Å². The number of phenols is 1. The van der Waals surface area contributed by atoms with Crippen LogP contribution in [0.1, 0.15) is 36.0 Å². The third-order valence-corrected chi connectivity index (χ3v) is 7.33. The van der Waals surface area contributed by atoms with Gasteiger partial charge in [0.15, 0.2) is 23.4 Å². The molecule has 1 aromatic carbocycles. The second kappa shape index (κ2) is 7.05. The molecular weight excluding hydrogens is 438 g/mol. The first-order valence-electron chi connectivity index (χ1n) is 10.5. The number of carbonyl (C=O) groups excluding carboxylic acids is 1. The number of furan rings is 1. The highest BCUT2D eigenvalue weighted by atomic mass is 32.2. The molecule has 2 bridgehead atoms. The van der Waals surface area contributed by atoms with Crippen molar-refractivity contribution in [1.29, 1.82) is 0 Å². The number of ketones is 1. The summed E-state index contributed by atoms with van der Waals surface area (Å²) in [7, 11) is -3.67. The van der Waals surface area contributed by atoms with E-state index in [1.807, 2.05) is 12.1 Å². The normalized spacial score (nSPS) is 32.5. The summed E-state index contributed by atoms with van der Waals surface area (Å²) in [6, 6.07) is 5.43. The van der Waals surface area contributed by atoms with Crippen molar-refractivity contribution in [2.45, 2.75) is 55.4 Å². The zero-order valence-corrected chi connectivity index (χ0v) is 18.3. The molecule has 32 heavy (non-hydrogen) atoms. The number of hydrogen-bond donors (Lipinski definition) is 3. The van der Waals surface area contributed by atoms with Gasteiger partial charge < -0.3 is 19.4 Å². The summed E-state index contributed by atoms with van der Waals surface area (Å²) in [5, 5.41) is 22.4. The van der Waals surface area contributed by atoms with Crippen molar-refractivity contribution in [3.05, 3.63) is 47.4 Å². The van der Waals surface area contributed by atoms with Gasteiger partial charge in [0.25, 0.3) is 10.1 Å². The van der Waals surface area contributed by atoms with Gasteiger partial charge in [-0.3, -0.25) is 14.2 Å². The fourth-order valence-electron chi connectivity index (χ4n) is 6.22. The van der Waals surface area contributed by atoms with E-state index in [2.05, 4.69) is 4.90 Å². The molecule has 2 unspecified atom stereocenters. The first-order valence-corrected chi connectivity index (χ1v) is 12.3. The molecule has 6 rings (SSSR count). The number of carbonyl (C=O) groups is 1. The summed E-state index contributed by atoms with van der Waals surface area (Å²) in [5.41, 5.74) is 1.24. The summed E-state index contributed by atoms with van der Waals surface area (Å²) in [6.07, 6.45) is 5.49. The average Bonchev–Trinajstić information content (AvgIpc) is 3.32. The number of Topliss-reactive ketones (excluding diaryl/α,β-unsaturated/α-hetero) is 1. The minimum atomic E-state index is -3.67. The van der Waals surface area contributed by atoms with Crippen LogP contribution in [0.2, 0.25) is 0 Å². The van der Waals surface area contributed by atoms with Crippen molar-refractivity contribution in [3.8, 4) is 11.5 Å². The molecule has 9 nitrogen and oxygen atoms in total. The number of rotatable bonds is 2. The Labute approximate surface area is 185 Å². The molecule has 2 aliphatic heterocycles. The third-order valence-electron chi connectivity index (χ3n) is 7.33. The van der Waals surface area contributed by atoms with Gasteiger partial charge in [-0.1, -0.05) is 6.07 Å². The molecule has 1 aromatic heterocycles. The summed E-state index contributed by atoms with van der Waals surface area (Å²) in [6.45, 7) is 1.47. The van der Waals surface area contributed by atoms with E-state index in [1.165, 1.54) is 0 Å². The van der Waals surface area contributed by atoms with Crippen LogP contribution in [0.4, 0.5) is 0 Å². The van der Waals surface area contributed by atoms with E-state index in [1.54, 1.807) is 18.6 Å². The number of likely N-dealkylation sites (tertiary alicyclic amines) is 1. The highest BCUT2D eigenvalue weighted by Crippen LogP contribution is 2.64. The molecule has 1 saturated heterocycles. The van der Waals surface area contributed by atoms with Gasteiger partial charge in [0, 0.05) is 36.7 Å². The van der Waals surface area contributed by atoms with E-state index in [-0.39, 0.29) is 17.6 Å². The van der Waals surface area contributed by atoms with Gasteiger partial charge in [-0.25, -0.2) is 0 Å². The largest absolute Gasteiger partial charge is 0.504 e. The summed E-state index contributed by atoms with van der Waals surface area (Å²) < 4.78 is 37.1. The monoisotopic (exact) mass is 463 g/mol. The lowest BCUT2D eigenvalue weighted by Crippen LogP contribution is -2.76. The first-order chi connectivity index (χ1) is 15.0. The number of nitrogens with zero attached hydrogens (tertiary/aromatic N) is 1. The molecular formula is C22H25NO8S. The quantitative estimate of drug-likeness (QED) is 0.565. The van der Waals surface area contributed by atoms with E-state index in [4.69, 9.17) is 13.7 Å². The van der Waals surface area contributed by atoms with Gasteiger partial charge >= 0.3 is 0 Å². The van der Waals surface area contributed by atoms with Crippen molar-refractivity contribution in [1.82, 2.24) is 4.90 Å². The Hall–Kier alpha value is -2.40. The van der Waals surface area contributed by atoms with Crippen molar-refractivity contribution >= 4 is 15.9 Å². The lowest BCUT2D eigenvalue weighted by atomic mass is 9.49. The second-order valence-electron chi connectivity index (χ2n) is 9.11. The van der Waals surface area contributed by atoms with Gasteiger partial charge in [-0.15, -0.1) is 0 Å². The fraction of sp³-hybridized carbons (Fsp3) is 0.500. The lowest BCUT2D eigenvalue weighted by Gasteiger charge is -2.62. The van der Waals surface area contributed by atoms with Crippen molar-refractivity contribution < 1.29 is 37.1 Å². The van der Waals surface area contributed by atoms with Crippen LogP contribution in [0.3, 0.4) is 0 Å². The van der Waals surface area contributed by atoms with Gasteiger partial charge in [0.1, 0.15) is 0 Å². The van der Waals surface area contributed by atoms with Crippen LogP contribution in [-0.2, 0) is 33.3 Å². The van der Waals surface area contributed by atoms with Crippen LogP contribution in [-0.4, -0.2) is 64.4 Å². The average molecular weight is 464 g/mol. The highest BCUT2D eigenvalue weighted by Gasteiger charge is 2.73. The Balaban J connectivity index is 0.000000393. The molecule has 4 aliphatic rings. The van der Waals surface area contributed by atoms with Crippen LogP contribution in [0.5, 0.6) is 11.5 Å². The Morgan fingerprint density at radius 3 is 2.69 bits per heavy atom. The van der Waals surface area contributed by atoms with Crippen molar-refractivity contribution in [3.63, 3.8) is 0 Å². The number of aromatic hydroxyl groups is 1. The van der Waals surface area contributed by atoms with Crippen molar-refractivity contribution in [2.75, 3.05) is 12.8 Å². The van der Waals surface area contributed by atoms with Gasteiger partial charge in [0.05, 0.1) is 29.8 Å². The maximum atomic E-state index is 12.8. The van der Waals surface area contributed by atoms with Gasteiger partial charge in [-0.2, -0.15) is 8.42 Å². The summed E-state index contributed by atoms with van der Waals surface area (Å²) in [4.78, 5) is 15.1. The molecule has 10 heteroatoms. The Morgan fingerprint density at radius 2 is 2.00 bits per heavy atom. The number of benzene rings is 1. The molecule has 3 heterocycles. The standard InChI is InChI=1S/C21H21NO5.CH4O3S/c23-14-2-1-13-9-16-21(25)5-3-15(24)19-20(21,17(13)18(14)27-19)6-7-22(16)10-12-4-8-26-11-12;1-5(2,3)4/h1-2,4,8,11,16,19,23,25H,3,5-7,9-10H2;1H3,(H,2,3,4)/t16-,19?,20+,21?;/m0./s1. The number of ether oxygens (including phenoxy) is 1. The van der Waals surface area contributed by atoms with Gasteiger partial charge in [-0.05, 0) is 37.0 Å². The molecule has 3 N–H and O–H groups in total. The zero-order valence-electron chi connectivity index (χ0n) is 17.5. The predicted octanol–water partition coefficient (Wildman–Crippen LogP) is 1.41. The smallest absolute Gasteiger partial charge is 0.261 e. The molecule has 0 radical (unpaired) electrons. The molecule has 0 amide bonds. The number of aliphatic hydroxyl groups is 1. The third kappa shape index (κ3) is 3.01. The molecule has 1 spiro atoms. The van der Waals surface area contributed by atoms with Gasteiger partial charge in [0.2, 0.25) is 0 Å². The highest BCUT2D eigenvalue weighted by molar-refractivity contribution is 7.85. The van der Waals surface area contributed by atoms with Crippen LogP contribution in [0.25, 0.3) is 0 Å². The number of phenolic OH excluding ortho intramolecular Hbond substituents is 1. The Bertz CT molecular complexity index is 1170. The van der Waals surface area contributed by atoms with E-state index in [0.717, 1.165) is 23.2 Å². The maximum absolute atomic E-state index is 12.8. The van der Waals surface area contributed by atoms with Crippen LogP contribution < -0.4 is 4.74 Å². The fourth-order valence-corrected chi connectivity index (χ4v) is 6.22. The van der Waals surface area contributed by atoms with E-state index in [0.29, 0.717) is 44.2 Å². The minimum Gasteiger partial charge on any atom is -0.504 e. The molecule has 2 aliphatic carbocycles. The molecule has 172 valence electrons. The second-order valence-corrected chi connectivity index (χ2v) is 10.6.